The maximum absolute atomic E-state index is 9.17. The Morgan fingerprint density at radius 2 is 2.00 bits per heavy atom. The van der Waals surface area contributed by atoms with Crippen LogP contribution in [0.1, 0.15) is 50.1 Å². The van der Waals surface area contributed by atoms with Gasteiger partial charge in [-0.2, -0.15) is 10.4 Å². The Bertz CT molecular complexity index is 460. The highest BCUT2D eigenvalue weighted by molar-refractivity contribution is 5.64. The Kier molecular flexibility index (Phi) is 2.43. The van der Waals surface area contributed by atoms with Gasteiger partial charge in [0.25, 0.3) is 0 Å². The van der Waals surface area contributed by atoms with Crippen molar-refractivity contribution in [3.05, 3.63) is 5.56 Å². The molecule has 0 bridgehead atoms. The summed E-state index contributed by atoms with van der Waals surface area (Å²) in [6, 6.07) is 3.05. The summed E-state index contributed by atoms with van der Waals surface area (Å²) in [4.78, 5) is 0. The maximum Gasteiger partial charge on any atom is 0.168 e. The number of nitrogen functional groups attached to an aromatic ring is 1. The molecule has 0 atom stereocenters. The summed E-state index contributed by atoms with van der Waals surface area (Å²) >= 11 is 0. The van der Waals surface area contributed by atoms with Gasteiger partial charge in [-0.05, 0) is 25.7 Å². The summed E-state index contributed by atoms with van der Waals surface area (Å²) in [6.07, 6.45) is 7.05. The van der Waals surface area contributed by atoms with Crippen LogP contribution in [0.3, 0.4) is 0 Å². The van der Waals surface area contributed by atoms with Gasteiger partial charge in [0.2, 0.25) is 0 Å². The van der Waals surface area contributed by atoms with Gasteiger partial charge in [-0.15, -0.1) is 0 Å². The van der Waals surface area contributed by atoms with E-state index in [0.29, 0.717) is 29.3 Å². The quantitative estimate of drug-likeness (QED) is 0.834. The van der Waals surface area contributed by atoms with Crippen molar-refractivity contribution in [2.24, 2.45) is 0 Å². The van der Waals surface area contributed by atoms with Gasteiger partial charge in [-0.1, -0.05) is 12.8 Å². The molecule has 0 unspecified atom stereocenters. The Hall–Kier alpha value is -1.70. The third kappa shape index (κ3) is 1.84. The summed E-state index contributed by atoms with van der Waals surface area (Å²) in [7, 11) is 0. The minimum absolute atomic E-state index is 0.386. The van der Waals surface area contributed by atoms with Crippen molar-refractivity contribution in [1.82, 2.24) is 9.78 Å². The van der Waals surface area contributed by atoms with Crippen LogP contribution < -0.4 is 11.1 Å². The van der Waals surface area contributed by atoms with E-state index in [1.165, 1.54) is 25.7 Å². The van der Waals surface area contributed by atoms with E-state index in [1.54, 1.807) is 0 Å². The van der Waals surface area contributed by atoms with Crippen molar-refractivity contribution in [2.75, 3.05) is 11.1 Å². The first kappa shape index (κ1) is 10.5. The second-order valence-corrected chi connectivity index (χ2v) is 5.02. The smallest absolute Gasteiger partial charge is 0.168 e. The lowest BCUT2D eigenvalue weighted by molar-refractivity contribution is 0.475. The largest absolute Gasteiger partial charge is 0.383 e. The maximum atomic E-state index is 9.17. The van der Waals surface area contributed by atoms with Crippen LogP contribution in [0.15, 0.2) is 0 Å². The van der Waals surface area contributed by atoms with Crippen molar-refractivity contribution in [3.8, 4) is 6.07 Å². The molecule has 1 aromatic rings. The lowest BCUT2D eigenvalue weighted by Gasteiger charge is -2.10. The minimum Gasteiger partial charge on any atom is -0.383 e. The van der Waals surface area contributed by atoms with Crippen LogP contribution >= 0.6 is 0 Å². The lowest BCUT2D eigenvalue weighted by Crippen LogP contribution is -2.10. The second kappa shape index (κ2) is 3.95. The molecule has 1 aromatic heterocycles. The number of nitriles is 1. The Labute approximate surface area is 101 Å². The monoisotopic (exact) mass is 231 g/mol. The van der Waals surface area contributed by atoms with Crippen molar-refractivity contribution < 1.29 is 0 Å². The van der Waals surface area contributed by atoms with Gasteiger partial charge in [0.05, 0.1) is 6.04 Å². The minimum atomic E-state index is 0.386. The second-order valence-electron chi connectivity index (χ2n) is 5.02. The molecule has 0 aromatic carbocycles. The van der Waals surface area contributed by atoms with Crippen LogP contribution in [0.2, 0.25) is 0 Å². The van der Waals surface area contributed by atoms with E-state index < -0.39 is 0 Å². The van der Waals surface area contributed by atoms with E-state index in [9.17, 15) is 0 Å². The Morgan fingerprint density at radius 3 is 2.59 bits per heavy atom. The van der Waals surface area contributed by atoms with Crippen LogP contribution in [0.25, 0.3) is 0 Å². The third-order valence-corrected chi connectivity index (χ3v) is 3.65. The molecule has 5 heteroatoms. The molecule has 0 aliphatic heterocycles. The molecule has 1 heterocycles. The fourth-order valence-corrected chi connectivity index (χ4v) is 2.51. The van der Waals surface area contributed by atoms with Crippen LogP contribution in [-0.2, 0) is 0 Å². The van der Waals surface area contributed by atoms with Gasteiger partial charge < -0.3 is 11.1 Å². The summed E-state index contributed by atoms with van der Waals surface area (Å²) in [5.41, 5.74) is 6.55. The number of hydrogen-bond donors (Lipinski definition) is 2. The van der Waals surface area contributed by atoms with E-state index in [2.05, 4.69) is 16.5 Å². The fourth-order valence-electron chi connectivity index (χ4n) is 2.51. The molecule has 2 fully saturated rings. The topological polar surface area (TPSA) is 79.7 Å². The number of hydrogen-bond acceptors (Lipinski definition) is 4. The number of nitrogens with zero attached hydrogens (tertiary/aromatic N) is 3. The van der Waals surface area contributed by atoms with Crippen molar-refractivity contribution >= 4 is 11.6 Å². The van der Waals surface area contributed by atoms with Crippen molar-refractivity contribution in [2.45, 2.75) is 50.6 Å². The Balaban J connectivity index is 1.92. The summed E-state index contributed by atoms with van der Waals surface area (Å²) < 4.78 is 1.86. The third-order valence-electron chi connectivity index (χ3n) is 3.65. The lowest BCUT2D eigenvalue weighted by atomic mass is 10.2. The van der Waals surface area contributed by atoms with Crippen LogP contribution in [0.5, 0.6) is 0 Å². The average molecular weight is 231 g/mol. The van der Waals surface area contributed by atoms with Gasteiger partial charge in [-0.25, -0.2) is 4.68 Å². The normalized spacial score (nSPS) is 20.4. The van der Waals surface area contributed by atoms with Gasteiger partial charge in [0.15, 0.2) is 5.82 Å². The molecule has 0 saturated heterocycles. The molecule has 2 saturated carbocycles. The zero-order valence-electron chi connectivity index (χ0n) is 9.82. The molecule has 2 aliphatic rings. The summed E-state index contributed by atoms with van der Waals surface area (Å²) in [5, 5.41) is 17.0. The molecular formula is C12H17N5. The molecule has 3 N–H and O–H groups in total. The van der Waals surface area contributed by atoms with E-state index >= 15 is 0 Å². The average Bonchev–Trinajstić information content (AvgIpc) is 2.88. The van der Waals surface area contributed by atoms with Crippen molar-refractivity contribution in [1.29, 1.82) is 5.26 Å². The van der Waals surface area contributed by atoms with Crippen LogP contribution in [0, 0.1) is 11.3 Å². The number of rotatable bonds is 3. The molecular weight excluding hydrogens is 214 g/mol. The van der Waals surface area contributed by atoms with Crippen LogP contribution in [0.4, 0.5) is 11.6 Å². The summed E-state index contributed by atoms with van der Waals surface area (Å²) in [5.74, 6) is 1.21. The number of aromatic nitrogens is 2. The highest BCUT2D eigenvalue weighted by atomic mass is 15.4. The predicted octanol–water partition coefficient (Wildman–Crippen LogP) is 2.03. The molecule has 0 radical (unpaired) electrons. The van der Waals surface area contributed by atoms with Gasteiger partial charge in [0, 0.05) is 6.04 Å². The first-order valence-corrected chi connectivity index (χ1v) is 6.34. The predicted molar refractivity (Wildman–Crippen MR) is 65.5 cm³/mol. The molecule has 0 amide bonds. The van der Waals surface area contributed by atoms with E-state index in [-0.39, 0.29) is 0 Å². The standard InChI is InChI=1S/C12H17N5/c13-7-10-11(14)17(9-3-1-2-4-9)16-12(10)15-8-5-6-8/h8-9H,1-6,14H2,(H,15,16). The first-order chi connectivity index (χ1) is 8.29. The fraction of sp³-hybridized carbons (Fsp3) is 0.667. The van der Waals surface area contributed by atoms with E-state index in [4.69, 9.17) is 11.0 Å². The number of nitrogens with one attached hydrogen (secondary N) is 1. The molecule has 3 rings (SSSR count). The molecule has 90 valence electrons. The molecule has 5 nitrogen and oxygen atoms in total. The number of anilines is 2. The SMILES string of the molecule is N#Cc1c(NC2CC2)nn(C2CCCC2)c1N. The van der Waals surface area contributed by atoms with Crippen LogP contribution in [-0.4, -0.2) is 15.8 Å². The first-order valence-electron chi connectivity index (χ1n) is 6.34. The van der Waals surface area contributed by atoms with E-state index in [1.807, 2.05) is 4.68 Å². The zero-order valence-corrected chi connectivity index (χ0v) is 9.82. The molecule has 2 aliphatic carbocycles. The zero-order chi connectivity index (χ0) is 11.8. The summed E-state index contributed by atoms with van der Waals surface area (Å²) in [6.45, 7) is 0. The molecule has 17 heavy (non-hydrogen) atoms. The van der Waals surface area contributed by atoms with Gasteiger partial charge in [0.1, 0.15) is 17.5 Å². The van der Waals surface area contributed by atoms with Gasteiger partial charge >= 0.3 is 0 Å². The Morgan fingerprint density at radius 1 is 1.29 bits per heavy atom. The highest BCUT2D eigenvalue weighted by Gasteiger charge is 2.28. The highest BCUT2D eigenvalue weighted by Crippen LogP contribution is 2.35. The van der Waals surface area contributed by atoms with Crippen molar-refractivity contribution in [3.63, 3.8) is 0 Å². The number of nitrogens with two attached hydrogens (primary N) is 1. The van der Waals surface area contributed by atoms with E-state index in [0.717, 1.165) is 12.8 Å². The molecule has 0 spiro atoms. The van der Waals surface area contributed by atoms with Gasteiger partial charge in [-0.3, -0.25) is 0 Å².